The first-order chi connectivity index (χ1) is 50.7. The van der Waals surface area contributed by atoms with Crippen LogP contribution in [0, 0.1) is 12.8 Å². The van der Waals surface area contributed by atoms with Gasteiger partial charge in [-0.15, -0.1) is 0 Å². The molecule has 1 aromatic heterocycles. The summed E-state index contributed by atoms with van der Waals surface area (Å²) in [6, 6.07) is 4.94. The van der Waals surface area contributed by atoms with Crippen molar-refractivity contribution in [2.45, 2.75) is 176 Å². The number of aromatic hydroxyl groups is 1. The van der Waals surface area contributed by atoms with Crippen molar-refractivity contribution in [3.05, 3.63) is 101 Å². The van der Waals surface area contributed by atoms with Crippen molar-refractivity contribution in [2.24, 2.45) is 39.6 Å². The molecule has 23 N–H and O–H groups in total. The number of hydrogen-bond donors (Lipinski definition) is 18. The van der Waals surface area contributed by atoms with Gasteiger partial charge in [0.25, 0.3) is 0 Å². The zero-order valence-corrected chi connectivity index (χ0v) is 60.5. The van der Waals surface area contributed by atoms with Crippen LogP contribution in [0.3, 0.4) is 0 Å². The lowest BCUT2D eigenvalue weighted by Gasteiger charge is -2.30. The molecule has 3 aliphatic rings. The van der Waals surface area contributed by atoms with Crippen molar-refractivity contribution in [2.75, 3.05) is 37.7 Å². The highest BCUT2D eigenvalue weighted by molar-refractivity contribution is 8.76. The predicted octanol–water partition coefficient (Wildman–Crippen LogP) is -2.33. The highest BCUT2D eigenvalue weighted by atomic mass is 33.1. The molecule has 1 aliphatic carbocycles. The number of aryl methyl sites for hydroxylation is 1. The van der Waals surface area contributed by atoms with Gasteiger partial charge in [0, 0.05) is 99.7 Å². The number of phenolic OH excluding ortho intramolecular Hbond substituents is 1. The predicted molar refractivity (Wildman–Crippen MR) is 393 cm³/mol. The van der Waals surface area contributed by atoms with Crippen LogP contribution in [0.2, 0.25) is 0 Å². The van der Waals surface area contributed by atoms with Crippen LogP contribution in [-0.2, 0) is 86.4 Å². The van der Waals surface area contributed by atoms with Gasteiger partial charge < -0.3 is 102 Å². The number of hydrogen-bond acceptors (Lipinski definition) is 19. The van der Waals surface area contributed by atoms with Crippen LogP contribution < -0.4 is 81.8 Å². The van der Waals surface area contributed by atoms with Gasteiger partial charge in [-0.3, -0.25) is 72.1 Å². The summed E-state index contributed by atoms with van der Waals surface area (Å²) in [5.41, 5.74) is 31.3. The second-order valence-electron chi connectivity index (χ2n) is 26.3. The lowest BCUT2D eigenvalue weighted by atomic mass is 9.95. The average Bonchev–Trinajstić information content (AvgIpc) is 1.60. The number of aromatic amines is 1. The first-order valence-electron chi connectivity index (χ1n) is 35.1. The number of H-pyrrole nitrogens is 1. The lowest BCUT2D eigenvalue weighted by Crippen LogP contribution is -2.61. The summed E-state index contributed by atoms with van der Waals surface area (Å²) >= 11 is 0. The van der Waals surface area contributed by atoms with Crippen LogP contribution in [0.1, 0.15) is 112 Å². The van der Waals surface area contributed by atoms with E-state index in [1.165, 1.54) is 29.2 Å². The fourth-order valence-corrected chi connectivity index (χ4v) is 15.0. The van der Waals surface area contributed by atoms with Crippen molar-refractivity contribution in [1.29, 1.82) is 0 Å². The number of phenols is 1. The minimum Gasteiger partial charge on any atom is -0.508 e. The summed E-state index contributed by atoms with van der Waals surface area (Å²) in [6.07, 6.45) is 1.11. The van der Waals surface area contributed by atoms with Crippen LogP contribution in [-0.4, -0.2) is 207 Å². The zero-order chi connectivity index (χ0) is 77.0. The second kappa shape index (κ2) is 41.3. The van der Waals surface area contributed by atoms with E-state index in [1.54, 1.807) is 61.7 Å². The van der Waals surface area contributed by atoms with Gasteiger partial charge in [0.2, 0.25) is 76.8 Å². The number of carboxylic acid groups (broad SMARTS) is 1. The average molecular weight is 1510 g/mol. The number of carbonyl (C=O) groups is 14. The number of fused-ring (bicyclic) bond motifs is 1. The fourth-order valence-electron chi connectivity index (χ4n) is 12.7. The number of likely N-dealkylation sites (tertiary alicyclic amines) is 1. The second-order valence-corrected chi connectivity index (χ2v) is 28.9. The summed E-state index contributed by atoms with van der Waals surface area (Å²) in [5.74, 6) is -14.4. The monoisotopic (exact) mass is 1510 g/mol. The first-order valence-corrected chi connectivity index (χ1v) is 37.6. The number of nitrogens with zero attached hydrogens (tertiary/aromatic N) is 2. The maximum atomic E-state index is 15.3. The number of rotatable bonds is 24. The SMILES string of the molecule is Cc1ccccc1C[C@H]1NC(=O)[C@H](C2CCCC2)NC(=O)[C@@H](NC(=O)[C@H](Cc2ccc(O)cc2)NC(=O)[C@@H]2CCCN2C(=O)CCN)CSSC[C@H](C(N)=O)NC(=O)[C@H](CCC(=O)O)NC(=O)[C@H](Cc2c[nH]c3ccccc23)NC(=O)[C@H](CCC(N)=O)NC(=O)CCNC(=O)[C@H](CCCN=C(N)N)NC1=O. The molecule has 3 heterocycles. The van der Waals surface area contributed by atoms with E-state index in [-0.39, 0.29) is 93.7 Å². The largest absolute Gasteiger partial charge is 0.508 e. The highest BCUT2D eigenvalue weighted by Crippen LogP contribution is 2.30. The van der Waals surface area contributed by atoms with Gasteiger partial charge in [-0.2, -0.15) is 0 Å². The van der Waals surface area contributed by atoms with Gasteiger partial charge >= 0.3 is 5.97 Å². The number of primary amides is 2. The molecular formula is C70H96N18O16S2. The van der Waals surface area contributed by atoms with Crippen LogP contribution in [0.5, 0.6) is 5.75 Å². The Hall–Kier alpha value is -10.5. The molecule has 0 radical (unpaired) electrons. The van der Waals surface area contributed by atoms with Crippen molar-refractivity contribution >= 4 is 121 Å². The Bertz CT molecular complexity index is 3830. The fraction of sp³-hybridized carbons (Fsp3) is 0.500. The summed E-state index contributed by atoms with van der Waals surface area (Å²) in [7, 11) is 1.77. The van der Waals surface area contributed by atoms with Crippen LogP contribution in [0.15, 0.2) is 84.0 Å². The Labute approximate surface area is 619 Å². The van der Waals surface area contributed by atoms with Crippen LogP contribution in [0.25, 0.3) is 10.9 Å². The molecule has 574 valence electrons. The number of benzene rings is 3. The van der Waals surface area contributed by atoms with Gasteiger partial charge in [-0.05, 0) is 105 Å². The number of aliphatic imine (C=N–C) groups is 1. The van der Waals surface area contributed by atoms with E-state index in [0.29, 0.717) is 59.7 Å². The van der Waals surface area contributed by atoms with Crippen molar-refractivity contribution < 1.29 is 77.3 Å². The number of guanidine groups is 1. The molecule has 13 amide bonds. The third-order valence-electron chi connectivity index (χ3n) is 18.4. The van der Waals surface area contributed by atoms with Gasteiger partial charge in [0.05, 0.1) is 0 Å². The van der Waals surface area contributed by atoms with E-state index in [4.69, 9.17) is 28.7 Å². The molecule has 0 unspecified atom stereocenters. The molecule has 7 rings (SSSR count). The molecule has 4 aromatic rings. The molecule has 3 fully saturated rings. The van der Waals surface area contributed by atoms with Crippen molar-refractivity contribution in [3.8, 4) is 5.75 Å². The molecular weight excluding hydrogens is 1410 g/mol. The number of nitrogens with two attached hydrogens (primary N) is 5. The summed E-state index contributed by atoms with van der Waals surface area (Å²) in [5, 5.41) is 47.4. The molecule has 10 atom stereocenters. The van der Waals surface area contributed by atoms with Gasteiger partial charge in [-0.25, -0.2) is 0 Å². The normalized spacial score (nSPS) is 22.8. The zero-order valence-electron chi connectivity index (χ0n) is 58.8. The van der Waals surface area contributed by atoms with E-state index in [9.17, 15) is 63.0 Å². The third kappa shape index (κ3) is 25.7. The minimum atomic E-state index is -1.73. The molecule has 2 aliphatic heterocycles. The molecule has 1 saturated carbocycles. The molecule has 34 nitrogen and oxygen atoms in total. The van der Waals surface area contributed by atoms with Crippen LogP contribution >= 0.6 is 21.6 Å². The molecule has 106 heavy (non-hydrogen) atoms. The molecule has 3 aromatic carbocycles. The molecule has 36 heteroatoms. The Morgan fingerprint density at radius 1 is 0.651 bits per heavy atom. The van der Waals surface area contributed by atoms with Crippen LogP contribution in [0.4, 0.5) is 0 Å². The Morgan fingerprint density at radius 2 is 1.26 bits per heavy atom. The Kier molecular flexibility index (Phi) is 32.2. The maximum absolute atomic E-state index is 15.3. The smallest absolute Gasteiger partial charge is 0.303 e. The molecule has 0 spiro atoms. The van der Waals surface area contributed by atoms with Crippen molar-refractivity contribution in [3.63, 3.8) is 0 Å². The number of para-hydroxylation sites is 1. The standard InChI is InChI=1S/C70H96N18O16S2/c1-38-10-2-3-13-41(38)33-50-65(100)80-46(16-8-29-77-70(74)75)61(96)76-30-27-56(91)79-47(22-24-55(72)90)62(97)82-51(34-42-35-78-45-15-7-6-14-44(42)45)66(101)81-48(23-25-58(93)94)63(98)85-52(60(73)95)36-105-106-37-53(67(102)87-59(69(104)84-50)40-11-4-5-12-40)86-64(99)49(32-39-18-20-43(89)21-19-39)83-68(103)54-17-9-31-88(54)57(92)26-28-71/h2-3,6-7,10,13-15,18-21,35,40,46-54,59,78,89H,4-5,8-9,11-12,16-17,22-34,36-37,71H2,1H3,(H2,72,90)(H2,73,95)(H,76,96)(H,79,91)(H,80,100)(H,81,101)(H,82,97)(H,83,103)(H,84,104)(H,85,98)(H,86,99)(H,87,102)(H,93,94)(H4,74,75,77)/t46-,47-,48-,49-,50+,51-,52+,53-,54-,59-/m0/s1. The third-order valence-corrected chi connectivity index (χ3v) is 20.9. The Balaban J connectivity index is 1.28. The van der Waals surface area contributed by atoms with Gasteiger partial charge in [0.15, 0.2) is 5.96 Å². The Morgan fingerprint density at radius 3 is 1.93 bits per heavy atom. The van der Waals surface area contributed by atoms with Gasteiger partial charge in [-0.1, -0.05) is 89.0 Å². The number of aliphatic carboxylic acids is 1. The summed E-state index contributed by atoms with van der Waals surface area (Å²) in [6.45, 7) is 1.65. The number of carboxylic acids is 1. The number of carbonyl (C=O) groups excluding carboxylic acids is 13. The summed E-state index contributed by atoms with van der Waals surface area (Å²) in [4.78, 5) is 206. The summed E-state index contributed by atoms with van der Waals surface area (Å²) < 4.78 is 0. The van der Waals surface area contributed by atoms with E-state index >= 15 is 14.4 Å². The first kappa shape index (κ1) is 82.8. The molecule has 0 bridgehead atoms. The quantitative estimate of drug-likeness (QED) is 0.0151. The highest BCUT2D eigenvalue weighted by Gasteiger charge is 2.41. The van der Waals surface area contributed by atoms with E-state index in [0.717, 1.165) is 27.2 Å². The minimum absolute atomic E-state index is 0.00740. The van der Waals surface area contributed by atoms with E-state index < -0.39 is 182 Å². The van der Waals surface area contributed by atoms with E-state index in [2.05, 4.69) is 63.1 Å². The molecule has 2 saturated heterocycles. The van der Waals surface area contributed by atoms with Gasteiger partial charge in [0.1, 0.15) is 66.2 Å². The number of amides is 13. The number of nitrogens with one attached hydrogen (secondary N) is 11. The number of aromatic nitrogens is 1. The lowest BCUT2D eigenvalue weighted by molar-refractivity contribution is -0.139. The van der Waals surface area contributed by atoms with Crippen molar-refractivity contribution in [1.82, 2.24) is 63.1 Å². The van der Waals surface area contributed by atoms with E-state index in [1.807, 2.05) is 0 Å². The maximum Gasteiger partial charge on any atom is 0.303 e. The topological polar surface area (TPSA) is 561 Å².